The van der Waals surface area contributed by atoms with E-state index in [1.165, 1.54) is 69.7 Å². The van der Waals surface area contributed by atoms with Crippen LogP contribution in [0.15, 0.2) is 29.2 Å². The lowest BCUT2D eigenvalue weighted by molar-refractivity contribution is -0.124. The number of carbonyl (C=O) groups is 2. The van der Waals surface area contributed by atoms with Gasteiger partial charge in [0.1, 0.15) is 0 Å². The average molecular weight is 419 g/mol. The van der Waals surface area contributed by atoms with Crippen LogP contribution >= 0.6 is 0 Å². The van der Waals surface area contributed by atoms with Crippen molar-refractivity contribution in [3.8, 4) is 0 Å². The molecule has 1 amide bonds. The summed E-state index contributed by atoms with van der Waals surface area (Å²) in [5, 5.41) is 3.07. The molecule has 7 heteroatoms. The molecule has 158 valence electrons. The van der Waals surface area contributed by atoms with Gasteiger partial charge in [-0.1, -0.05) is 12.1 Å². The molecule has 0 aromatic heterocycles. The van der Waals surface area contributed by atoms with Crippen LogP contribution < -0.4 is 10.0 Å². The lowest BCUT2D eigenvalue weighted by atomic mass is 9.48. The predicted octanol–water partition coefficient (Wildman–Crippen LogP) is 2.89. The Balaban J connectivity index is 1.34. The molecule has 2 N–H and O–H groups in total. The summed E-state index contributed by atoms with van der Waals surface area (Å²) in [6.45, 7) is 3.23. The van der Waals surface area contributed by atoms with Gasteiger partial charge in [-0.25, -0.2) is 13.1 Å². The van der Waals surface area contributed by atoms with Crippen LogP contribution in [0.4, 0.5) is 0 Å². The highest BCUT2D eigenvalue weighted by Gasteiger charge is 2.53. The van der Waals surface area contributed by atoms with Crippen LogP contribution in [-0.4, -0.2) is 32.7 Å². The minimum atomic E-state index is -3.80. The van der Waals surface area contributed by atoms with E-state index in [1.54, 1.807) is 0 Å². The van der Waals surface area contributed by atoms with Gasteiger partial charge in [-0.05, 0) is 87.7 Å². The van der Waals surface area contributed by atoms with Crippen LogP contribution in [0, 0.1) is 23.2 Å². The van der Waals surface area contributed by atoms with E-state index < -0.39 is 10.0 Å². The summed E-state index contributed by atoms with van der Waals surface area (Å²) in [5.41, 5.74) is 0.636. The van der Waals surface area contributed by atoms with Crippen molar-refractivity contribution in [2.45, 2.75) is 63.3 Å². The minimum absolute atomic E-state index is 0.0458. The van der Waals surface area contributed by atoms with Gasteiger partial charge in [-0.15, -0.1) is 0 Å². The van der Waals surface area contributed by atoms with Crippen LogP contribution in [0.1, 0.15) is 62.7 Å². The molecule has 6 nitrogen and oxygen atoms in total. The standard InChI is InChI=1S/C22H30N2O4S/c1-14(25)19-3-5-20(6-4-19)29(27,28)23-13-21(26)24-15(2)22-10-16-7-17(11-22)9-18(8-16)12-22/h3-6,15-18,23H,7-13H2,1-2H3,(H,24,26)/t15-,16?,17?,18?,22?/m0/s1. The molecule has 4 fully saturated rings. The third kappa shape index (κ3) is 4.12. The molecule has 0 radical (unpaired) electrons. The highest BCUT2D eigenvalue weighted by atomic mass is 32.2. The Morgan fingerprint density at radius 2 is 1.55 bits per heavy atom. The summed E-state index contributed by atoms with van der Waals surface area (Å²) >= 11 is 0. The first-order valence-corrected chi connectivity index (χ1v) is 12.1. The maximum absolute atomic E-state index is 12.5. The van der Waals surface area contributed by atoms with Crippen LogP contribution in [0.5, 0.6) is 0 Å². The van der Waals surface area contributed by atoms with Crippen molar-refractivity contribution in [2.75, 3.05) is 6.54 Å². The molecule has 0 heterocycles. The zero-order valence-corrected chi connectivity index (χ0v) is 17.9. The highest BCUT2D eigenvalue weighted by Crippen LogP contribution is 2.61. The average Bonchev–Trinajstić information content (AvgIpc) is 2.65. The molecule has 0 unspecified atom stereocenters. The van der Waals surface area contributed by atoms with E-state index in [0.29, 0.717) is 5.56 Å². The largest absolute Gasteiger partial charge is 0.352 e. The van der Waals surface area contributed by atoms with Crippen molar-refractivity contribution in [3.63, 3.8) is 0 Å². The first kappa shape index (κ1) is 20.5. The van der Waals surface area contributed by atoms with E-state index in [1.807, 2.05) is 0 Å². The smallest absolute Gasteiger partial charge is 0.241 e. The summed E-state index contributed by atoms with van der Waals surface area (Å²) in [6, 6.07) is 5.78. The molecule has 29 heavy (non-hydrogen) atoms. The fourth-order valence-electron chi connectivity index (χ4n) is 6.27. The molecule has 1 aromatic rings. The monoisotopic (exact) mass is 418 g/mol. The van der Waals surface area contributed by atoms with Gasteiger partial charge in [0.15, 0.2) is 5.78 Å². The number of rotatable bonds is 7. The molecule has 4 aliphatic carbocycles. The topological polar surface area (TPSA) is 92.3 Å². The lowest BCUT2D eigenvalue weighted by Crippen LogP contribution is -2.56. The van der Waals surface area contributed by atoms with Gasteiger partial charge < -0.3 is 5.32 Å². The summed E-state index contributed by atoms with van der Waals surface area (Å²) in [7, 11) is -3.80. The number of Topliss-reactive ketones (excluding diaryl/α,β-unsaturated/α-hetero) is 1. The highest BCUT2D eigenvalue weighted by molar-refractivity contribution is 7.89. The third-order valence-electron chi connectivity index (χ3n) is 7.38. The Morgan fingerprint density at radius 1 is 1.03 bits per heavy atom. The van der Waals surface area contributed by atoms with Crippen LogP contribution in [0.25, 0.3) is 0 Å². The normalized spacial score (nSPS) is 31.4. The molecule has 0 spiro atoms. The summed E-state index contributed by atoms with van der Waals surface area (Å²) < 4.78 is 27.3. The van der Waals surface area contributed by atoms with Crippen molar-refractivity contribution < 1.29 is 18.0 Å². The Hall–Kier alpha value is -1.73. The van der Waals surface area contributed by atoms with Crippen molar-refractivity contribution in [1.29, 1.82) is 0 Å². The number of nitrogens with one attached hydrogen (secondary N) is 2. The zero-order valence-electron chi connectivity index (χ0n) is 17.1. The molecule has 4 bridgehead atoms. The van der Waals surface area contributed by atoms with Gasteiger partial charge >= 0.3 is 0 Å². The lowest BCUT2D eigenvalue weighted by Gasteiger charge is -2.59. The Labute approximate surface area is 172 Å². The minimum Gasteiger partial charge on any atom is -0.352 e. The van der Waals surface area contributed by atoms with E-state index >= 15 is 0 Å². The molecular weight excluding hydrogens is 388 g/mol. The quantitative estimate of drug-likeness (QED) is 0.666. The van der Waals surface area contributed by atoms with E-state index in [-0.39, 0.29) is 34.6 Å². The molecule has 0 aliphatic heterocycles. The first-order valence-electron chi connectivity index (χ1n) is 10.6. The van der Waals surface area contributed by atoms with Gasteiger partial charge in [-0.3, -0.25) is 9.59 Å². The summed E-state index contributed by atoms with van der Waals surface area (Å²) in [4.78, 5) is 23.9. The van der Waals surface area contributed by atoms with Gasteiger partial charge in [0.2, 0.25) is 15.9 Å². The van der Waals surface area contributed by atoms with Crippen molar-refractivity contribution >= 4 is 21.7 Å². The second kappa shape index (κ2) is 7.51. The number of hydrogen-bond acceptors (Lipinski definition) is 4. The molecule has 4 saturated carbocycles. The van der Waals surface area contributed by atoms with Crippen molar-refractivity contribution in [1.82, 2.24) is 10.0 Å². The Morgan fingerprint density at radius 3 is 2.03 bits per heavy atom. The number of amides is 1. The summed E-state index contributed by atoms with van der Waals surface area (Å²) in [5.74, 6) is 1.99. The van der Waals surface area contributed by atoms with Crippen LogP contribution in [0.2, 0.25) is 0 Å². The van der Waals surface area contributed by atoms with Crippen LogP contribution in [0.3, 0.4) is 0 Å². The third-order valence-corrected chi connectivity index (χ3v) is 8.79. The second-order valence-corrected chi connectivity index (χ2v) is 11.2. The van der Waals surface area contributed by atoms with Gasteiger partial charge in [0, 0.05) is 11.6 Å². The van der Waals surface area contributed by atoms with E-state index in [0.717, 1.165) is 17.8 Å². The van der Waals surface area contributed by atoms with E-state index in [4.69, 9.17) is 0 Å². The summed E-state index contributed by atoms with van der Waals surface area (Å²) in [6.07, 6.45) is 7.62. The van der Waals surface area contributed by atoms with Crippen molar-refractivity contribution in [2.24, 2.45) is 23.2 Å². The molecular formula is C22H30N2O4S. The van der Waals surface area contributed by atoms with Gasteiger partial charge in [-0.2, -0.15) is 0 Å². The van der Waals surface area contributed by atoms with Gasteiger partial charge in [0.05, 0.1) is 11.4 Å². The maximum atomic E-state index is 12.5. The maximum Gasteiger partial charge on any atom is 0.241 e. The number of hydrogen-bond donors (Lipinski definition) is 2. The fraction of sp³-hybridized carbons (Fsp3) is 0.636. The molecule has 5 rings (SSSR count). The Bertz CT molecular complexity index is 872. The van der Waals surface area contributed by atoms with Crippen molar-refractivity contribution in [3.05, 3.63) is 29.8 Å². The van der Waals surface area contributed by atoms with Gasteiger partial charge in [0.25, 0.3) is 0 Å². The molecule has 1 aromatic carbocycles. The predicted molar refractivity (Wildman–Crippen MR) is 110 cm³/mol. The Kier molecular flexibility index (Phi) is 5.32. The number of ketones is 1. The molecule has 1 atom stereocenters. The molecule has 0 saturated heterocycles. The number of sulfonamides is 1. The number of benzene rings is 1. The first-order chi connectivity index (χ1) is 13.7. The van der Waals surface area contributed by atoms with E-state index in [2.05, 4.69) is 17.0 Å². The second-order valence-electron chi connectivity index (χ2n) is 9.47. The zero-order chi connectivity index (χ0) is 20.8. The van der Waals surface area contributed by atoms with E-state index in [9.17, 15) is 18.0 Å². The molecule has 4 aliphatic rings. The number of carbonyl (C=O) groups excluding carboxylic acids is 2. The SMILES string of the molecule is CC(=O)c1ccc(S(=O)(=O)NCC(=O)N[C@@H](C)C23CC4CC(CC(C4)C2)C3)cc1. The van der Waals surface area contributed by atoms with Crippen LogP contribution in [-0.2, 0) is 14.8 Å². The fourth-order valence-corrected chi connectivity index (χ4v) is 7.25.